The van der Waals surface area contributed by atoms with Gasteiger partial charge in [-0.2, -0.15) is 0 Å². The van der Waals surface area contributed by atoms with E-state index in [-0.39, 0.29) is 0 Å². The molecule has 0 bridgehead atoms. The minimum Gasteiger partial charge on any atom is -0.497 e. The van der Waals surface area contributed by atoms with Crippen molar-refractivity contribution in [2.24, 2.45) is 0 Å². The zero-order chi connectivity index (χ0) is 19.5. The summed E-state index contributed by atoms with van der Waals surface area (Å²) in [4.78, 5) is 12.2. The van der Waals surface area contributed by atoms with Gasteiger partial charge in [-0.25, -0.2) is 4.79 Å². The van der Waals surface area contributed by atoms with Crippen molar-refractivity contribution < 1.29 is 34.3 Å². The largest absolute Gasteiger partial charge is 0.497 e. The summed E-state index contributed by atoms with van der Waals surface area (Å²) in [7, 11) is 1.54. The van der Waals surface area contributed by atoms with Gasteiger partial charge < -0.3 is 34.8 Å². The van der Waals surface area contributed by atoms with Crippen molar-refractivity contribution in [3.63, 3.8) is 0 Å². The molecule has 1 amide bonds. The topological polar surface area (TPSA) is 117 Å². The minimum absolute atomic E-state index is 0.468. The number of hydrogen-bond donors (Lipinski definition) is 4. The van der Waals surface area contributed by atoms with Gasteiger partial charge in [0.2, 0.25) is 0 Å². The van der Waals surface area contributed by atoms with Gasteiger partial charge in [0.1, 0.15) is 35.8 Å². The van der Waals surface area contributed by atoms with E-state index in [9.17, 15) is 20.1 Å². The Morgan fingerprint density at radius 1 is 1.19 bits per heavy atom. The second-order valence-electron chi connectivity index (χ2n) is 7.20. The molecule has 1 aliphatic rings. The Bertz CT molecular complexity index is 599. The van der Waals surface area contributed by atoms with Crippen molar-refractivity contribution in [1.29, 1.82) is 0 Å². The lowest BCUT2D eigenvalue weighted by Crippen LogP contribution is -2.61. The summed E-state index contributed by atoms with van der Waals surface area (Å²) < 4.78 is 16.1. The molecule has 4 N–H and O–H groups in total. The van der Waals surface area contributed by atoms with E-state index in [2.05, 4.69) is 5.32 Å². The maximum atomic E-state index is 12.2. The van der Waals surface area contributed by atoms with Crippen molar-refractivity contribution in [3.05, 3.63) is 29.8 Å². The van der Waals surface area contributed by atoms with Crippen LogP contribution in [0.3, 0.4) is 0 Å². The van der Waals surface area contributed by atoms with Crippen LogP contribution in [0.4, 0.5) is 4.79 Å². The average Bonchev–Trinajstić information content (AvgIpc) is 2.58. The van der Waals surface area contributed by atoms with E-state index in [4.69, 9.17) is 14.2 Å². The third kappa shape index (κ3) is 4.85. The molecule has 5 atom stereocenters. The Balaban J connectivity index is 2.27. The number of methoxy groups -OCH3 is 1. The molecule has 8 heteroatoms. The minimum atomic E-state index is -1.35. The van der Waals surface area contributed by atoms with Crippen LogP contribution >= 0.6 is 0 Å². The normalized spacial score (nSPS) is 29.1. The second-order valence-corrected chi connectivity index (χ2v) is 7.20. The molecule has 0 radical (unpaired) electrons. The number of alkyl carbamates (subject to hydrolysis) is 1. The molecule has 0 aliphatic carbocycles. The monoisotopic (exact) mass is 369 g/mol. The number of hydrogen-bond acceptors (Lipinski definition) is 7. The maximum Gasteiger partial charge on any atom is 0.408 e. The fourth-order valence-electron chi connectivity index (χ4n) is 2.80. The average molecular weight is 369 g/mol. The molecule has 1 aromatic carbocycles. The number of aliphatic hydroxyl groups is 3. The van der Waals surface area contributed by atoms with Crippen molar-refractivity contribution in [3.8, 4) is 5.75 Å². The van der Waals surface area contributed by atoms with Gasteiger partial charge in [0.05, 0.1) is 19.8 Å². The molecule has 1 aromatic rings. The van der Waals surface area contributed by atoms with E-state index in [1.54, 1.807) is 52.1 Å². The summed E-state index contributed by atoms with van der Waals surface area (Å²) in [5.41, 5.74) is -0.0665. The van der Waals surface area contributed by atoms with Crippen molar-refractivity contribution in [2.75, 3.05) is 13.7 Å². The first-order valence-electron chi connectivity index (χ1n) is 8.42. The first-order valence-corrected chi connectivity index (χ1v) is 8.42. The molecule has 1 heterocycles. The zero-order valence-electron chi connectivity index (χ0n) is 15.4. The summed E-state index contributed by atoms with van der Waals surface area (Å²) in [6.45, 7) is 4.69. The molecule has 0 aromatic heterocycles. The molecule has 8 nitrogen and oxygen atoms in total. The van der Waals surface area contributed by atoms with Crippen molar-refractivity contribution in [2.45, 2.75) is 56.8 Å². The Labute approximate surface area is 152 Å². The molecule has 1 aliphatic heterocycles. The summed E-state index contributed by atoms with van der Waals surface area (Å²) in [6.07, 6.45) is -5.20. The molecule has 1 saturated heterocycles. The van der Waals surface area contributed by atoms with Gasteiger partial charge in [0.15, 0.2) is 0 Å². The highest BCUT2D eigenvalue weighted by Crippen LogP contribution is 2.33. The highest BCUT2D eigenvalue weighted by atomic mass is 16.6. The lowest BCUT2D eigenvalue weighted by molar-refractivity contribution is -0.195. The zero-order valence-corrected chi connectivity index (χ0v) is 15.4. The van der Waals surface area contributed by atoms with E-state index in [0.717, 1.165) is 0 Å². The van der Waals surface area contributed by atoms with Gasteiger partial charge in [-0.05, 0) is 38.5 Å². The van der Waals surface area contributed by atoms with Gasteiger partial charge in [-0.1, -0.05) is 12.1 Å². The smallest absolute Gasteiger partial charge is 0.408 e. The maximum absolute atomic E-state index is 12.2. The third-order valence-corrected chi connectivity index (χ3v) is 4.05. The van der Waals surface area contributed by atoms with Gasteiger partial charge in [0.25, 0.3) is 0 Å². The number of carbonyl (C=O) groups is 1. The van der Waals surface area contributed by atoms with E-state index >= 15 is 0 Å². The first-order chi connectivity index (χ1) is 12.2. The van der Waals surface area contributed by atoms with Crippen LogP contribution in [0.2, 0.25) is 0 Å². The molecule has 0 spiro atoms. The predicted molar refractivity (Wildman–Crippen MR) is 92.9 cm³/mol. The SMILES string of the molecule is COc1ccc([C@@H]2O[C@H](CO)[C@H](O)[C@H](O)[C@H]2NC(=O)OC(C)(C)C)cc1. The van der Waals surface area contributed by atoms with E-state index in [1.807, 2.05) is 0 Å². The molecule has 2 rings (SSSR count). The second kappa shape index (κ2) is 8.22. The Morgan fingerprint density at radius 2 is 1.81 bits per heavy atom. The predicted octanol–water partition coefficient (Wildman–Crippen LogP) is 0.742. The van der Waals surface area contributed by atoms with Gasteiger partial charge in [-0.3, -0.25) is 0 Å². The van der Waals surface area contributed by atoms with E-state index < -0.39 is 48.8 Å². The third-order valence-electron chi connectivity index (χ3n) is 4.05. The lowest BCUT2D eigenvalue weighted by Gasteiger charge is -2.43. The van der Waals surface area contributed by atoms with E-state index in [0.29, 0.717) is 11.3 Å². The van der Waals surface area contributed by atoms with Crippen LogP contribution in [0.5, 0.6) is 5.75 Å². The molecule has 0 saturated carbocycles. The summed E-state index contributed by atoms with van der Waals surface area (Å²) in [5, 5.41) is 32.6. The summed E-state index contributed by atoms with van der Waals surface area (Å²) in [5.74, 6) is 0.639. The standard InChI is InChI=1S/C18H27NO7/c1-18(2,3)26-17(23)19-13-15(22)14(21)12(9-20)25-16(13)10-5-7-11(24-4)8-6-10/h5-8,12-16,20-22H,9H2,1-4H3,(H,19,23)/t12-,13-,14+,15-,16+/m1/s1. The van der Waals surface area contributed by atoms with Crippen LogP contribution in [0.15, 0.2) is 24.3 Å². The molecular weight excluding hydrogens is 342 g/mol. The van der Waals surface area contributed by atoms with Crippen molar-refractivity contribution >= 4 is 6.09 Å². The number of rotatable bonds is 4. The number of amides is 1. The number of ether oxygens (including phenoxy) is 3. The summed E-state index contributed by atoms with van der Waals surface area (Å²) >= 11 is 0. The van der Waals surface area contributed by atoms with E-state index in [1.165, 1.54) is 0 Å². The van der Waals surface area contributed by atoms with Crippen molar-refractivity contribution in [1.82, 2.24) is 5.32 Å². The molecule has 1 fully saturated rings. The lowest BCUT2D eigenvalue weighted by atomic mass is 9.89. The van der Waals surface area contributed by atoms with Crippen LogP contribution in [0.1, 0.15) is 32.4 Å². The highest BCUT2D eigenvalue weighted by molar-refractivity contribution is 5.68. The first kappa shape index (κ1) is 20.4. The van der Waals surface area contributed by atoms with Crippen LogP contribution in [0.25, 0.3) is 0 Å². The van der Waals surface area contributed by atoms with Crippen LogP contribution in [-0.2, 0) is 9.47 Å². The van der Waals surface area contributed by atoms with Gasteiger partial charge in [0, 0.05) is 0 Å². The number of benzene rings is 1. The Kier molecular flexibility index (Phi) is 6.46. The number of nitrogens with one attached hydrogen (secondary N) is 1. The molecule has 146 valence electrons. The fourth-order valence-corrected chi connectivity index (χ4v) is 2.80. The van der Waals surface area contributed by atoms with Gasteiger partial charge >= 0.3 is 6.09 Å². The van der Waals surface area contributed by atoms with Crippen LogP contribution in [0, 0.1) is 0 Å². The van der Waals surface area contributed by atoms with Gasteiger partial charge in [-0.15, -0.1) is 0 Å². The fraction of sp³-hybridized carbons (Fsp3) is 0.611. The van der Waals surface area contributed by atoms with Crippen LogP contribution in [-0.4, -0.2) is 65.1 Å². The molecule has 0 unspecified atom stereocenters. The number of aliphatic hydroxyl groups excluding tert-OH is 3. The molecular formula is C18H27NO7. The quantitative estimate of drug-likeness (QED) is 0.618. The molecule has 26 heavy (non-hydrogen) atoms. The van der Waals surface area contributed by atoms with Crippen LogP contribution < -0.4 is 10.1 Å². The highest BCUT2D eigenvalue weighted by Gasteiger charge is 2.45. The summed E-state index contributed by atoms with van der Waals surface area (Å²) in [6, 6.07) is 5.93. The Morgan fingerprint density at radius 3 is 2.31 bits per heavy atom. The Hall–Kier alpha value is -1.87. The number of carbonyl (C=O) groups excluding carboxylic acids is 1.